The zero-order valence-corrected chi connectivity index (χ0v) is 19.0. The maximum absolute atomic E-state index is 13.2. The number of hydrogen-bond donors (Lipinski definition) is 0. The molecule has 0 saturated carbocycles. The van der Waals surface area contributed by atoms with Gasteiger partial charge in [0.1, 0.15) is 0 Å². The number of benzene rings is 1. The predicted molar refractivity (Wildman–Crippen MR) is 123 cm³/mol. The van der Waals surface area contributed by atoms with Gasteiger partial charge in [0.2, 0.25) is 0 Å². The second-order valence-corrected chi connectivity index (χ2v) is 9.40. The van der Waals surface area contributed by atoms with Crippen molar-refractivity contribution in [2.24, 2.45) is 0 Å². The molecule has 3 aliphatic rings. The van der Waals surface area contributed by atoms with Crippen LogP contribution in [0, 0.1) is 6.92 Å². The Balaban J connectivity index is 1.29. The van der Waals surface area contributed by atoms with Crippen LogP contribution < -0.4 is 0 Å². The lowest BCUT2D eigenvalue weighted by atomic mass is 10.1. The van der Waals surface area contributed by atoms with E-state index < -0.39 is 0 Å². The molecule has 7 nitrogen and oxygen atoms in total. The van der Waals surface area contributed by atoms with Crippen LogP contribution >= 0.6 is 0 Å². The van der Waals surface area contributed by atoms with E-state index in [0.29, 0.717) is 11.6 Å². The number of nitrogens with zero attached hydrogens (tertiary/aromatic N) is 5. The minimum Gasteiger partial charge on any atom is -0.339 e. The van der Waals surface area contributed by atoms with Gasteiger partial charge in [-0.1, -0.05) is 0 Å². The predicted octanol–water partition coefficient (Wildman–Crippen LogP) is 3.12. The zero-order chi connectivity index (χ0) is 22.1. The van der Waals surface area contributed by atoms with Gasteiger partial charge in [-0.15, -0.1) is 0 Å². The molecule has 170 valence electrons. The summed E-state index contributed by atoms with van der Waals surface area (Å²) in [4.78, 5) is 32.5. The first-order chi connectivity index (χ1) is 15.6. The van der Waals surface area contributed by atoms with E-state index in [-0.39, 0.29) is 11.8 Å². The fourth-order valence-electron chi connectivity index (χ4n) is 5.44. The van der Waals surface area contributed by atoms with Crippen LogP contribution in [0.4, 0.5) is 0 Å². The summed E-state index contributed by atoms with van der Waals surface area (Å²) in [6.45, 7) is 7.77. The summed E-state index contributed by atoms with van der Waals surface area (Å²) in [6.07, 6.45) is 8.56. The summed E-state index contributed by atoms with van der Waals surface area (Å²) in [6, 6.07) is 7.98. The molecular formula is C25H33N5O2. The van der Waals surface area contributed by atoms with Gasteiger partial charge in [-0.3, -0.25) is 9.59 Å². The lowest BCUT2D eigenvalue weighted by Crippen LogP contribution is -2.42. The van der Waals surface area contributed by atoms with E-state index in [4.69, 9.17) is 0 Å². The first kappa shape index (κ1) is 21.2. The Hall–Kier alpha value is -2.67. The van der Waals surface area contributed by atoms with Gasteiger partial charge in [0.05, 0.1) is 23.1 Å². The number of amides is 2. The first-order valence-corrected chi connectivity index (χ1v) is 12.1. The Bertz CT molecular complexity index is 971. The molecule has 0 aliphatic carbocycles. The summed E-state index contributed by atoms with van der Waals surface area (Å²) < 4.78 is 1.80. The van der Waals surface area contributed by atoms with Crippen LogP contribution in [0.1, 0.15) is 64.9 Å². The fraction of sp³-hybridized carbons (Fsp3) is 0.560. The van der Waals surface area contributed by atoms with Crippen molar-refractivity contribution in [3.8, 4) is 5.69 Å². The third kappa shape index (κ3) is 4.06. The van der Waals surface area contributed by atoms with Crippen molar-refractivity contribution in [1.29, 1.82) is 0 Å². The van der Waals surface area contributed by atoms with Crippen molar-refractivity contribution in [1.82, 2.24) is 24.5 Å². The fourth-order valence-corrected chi connectivity index (χ4v) is 5.44. The Morgan fingerprint density at radius 3 is 2.31 bits per heavy atom. The van der Waals surface area contributed by atoms with Gasteiger partial charge < -0.3 is 14.7 Å². The third-order valence-electron chi connectivity index (χ3n) is 7.30. The van der Waals surface area contributed by atoms with Crippen LogP contribution in [0.5, 0.6) is 0 Å². The van der Waals surface area contributed by atoms with Crippen LogP contribution in [-0.4, -0.2) is 81.6 Å². The number of hydrogen-bond acceptors (Lipinski definition) is 4. The molecule has 3 fully saturated rings. The van der Waals surface area contributed by atoms with Gasteiger partial charge >= 0.3 is 0 Å². The van der Waals surface area contributed by atoms with E-state index in [9.17, 15) is 9.59 Å². The summed E-state index contributed by atoms with van der Waals surface area (Å²) >= 11 is 0. The first-order valence-electron chi connectivity index (χ1n) is 12.1. The average Bonchev–Trinajstić information content (AvgIpc) is 3.61. The van der Waals surface area contributed by atoms with Crippen molar-refractivity contribution < 1.29 is 9.59 Å². The molecule has 1 aromatic carbocycles. The zero-order valence-electron chi connectivity index (χ0n) is 19.0. The molecule has 2 amide bonds. The maximum Gasteiger partial charge on any atom is 0.257 e. The summed E-state index contributed by atoms with van der Waals surface area (Å²) in [7, 11) is 0. The molecule has 3 saturated heterocycles. The number of aromatic nitrogens is 2. The normalized spacial score (nSPS) is 21.6. The highest BCUT2D eigenvalue weighted by atomic mass is 16.2. The molecule has 0 spiro atoms. The molecule has 0 N–H and O–H groups in total. The standard InChI is InChI=1S/C25H33N5O2/c1-19-23(25(32)28-14-4-5-15-28)17-26-30(19)21-10-8-20(9-11-21)24(31)29-16-6-7-22(29)18-27-12-2-3-13-27/h8-11,17,22H,2-7,12-16,18H2,1H3/t22-/m0/s1. The highest BCUT2D eigenvalue weighted by Gasteiger charge is 2.31. The quantitative estimate of drug-likeness (QED) is 0.724. The molecule has 32 heavy (non-hydrogen) atoms. The highest BCUT2D eigenvalue weighted by Crippen LogP contribution is 2.24. The van der Waals surface area contributed by atoms with Crippen LogP contribution in [0.3, 0.4) is 0 Å². The van der Waals surface area contributed by atoms with Crippen molar-refractivity contribution in [2.75, 3.05) is 39.3 Å². The second-order valence-electron chi connectivity index (χ2n) is 9.40. The molecule has 2 aromatic rings. The van der Waals surface area contributed by atoms with Gasteiger partial charge in [-0.25, -0.2) is 4.68 Å². The monoisotopic (exact) mass is 435 g/mol. The molecule has 0 radical (unpaired) electrons. The topological polar surface area (TPSA) is 61.7 Å². The van der Waals surface area contributed by atoms with Crippen LogP contribution in [0.15, 0.2) is 30.5 Å². The van der Waals surface area contributed by atoms with Gasteiger partial charge in [-0.05, 0) is 82.8 Å². The number of carbonyl (C=O) groups is 2. The molecule has 1 atom stereocenters. The average molecular weight is 436 g/mol. The van der Waals surface area contributed by atoms with E-state index in [1.807, 2.05) is 36.1 Å². The molecule has 3 aliphatic heterocycles. The lowest BCUT2D eigenvalue weighted by molar-refractivity contribution is 0.0708. The SMILES string of the molecule is Cc1c(C(=O)N2CCCC2)cnn1-c1ccc(C(=O)N2CCC[C@H]2CN2CCCC2)cc1. The molecular weight excluding hydrogens is 402 g/mol. The lowest BCUT2D eigenvalue weighted by Gasteiger charge is -2.28. The van der Waals surface area contributed by atoms with E-state index in [0.717, 1.165) is 68.8 Å². The molecule has 5 rings (SSSR count). The van der Waals surface area contributed by atoms with E-state index >= 15 is 0 Å². The molecule has 4 heterocycles. The largest absolute Gasteiger partial charge is 0.339 e. The summed E-state index contributed by atoms with van der Waals surface area (Å²) in [5, 5.41) is 4.47. The molecule has 0 unspecified atom stereocenters. The Morgan fingerprint density at radius 1 is 0.906 bits per heavy atom. The van der Waals surface area contributed by atoms with E-state index in [1.165, 1.54) is 25.9 Å². The van der Waals surface area contributed by atoms with Crippen molar-refractivity contribution in [3.05, 3.63) is 47.3 Å². The van der Waals surface area contributed by atoms with Gasteiger partial charge in [-0.2, -0.15) is 5.10 Å². The molecule has 1 aromatic heterocycles. The Morgan fingerprint density at radius 2 is 1.59 bits per heavy atom. The van der Waals surface area contributed by atoms with Crippen molar-refractivity contribution >= 4 is 11.8 Å². The Kier molecular flexibility index (Phi) is 6.00. The molecule has 7 heteroatoms. The maximum atomic E-state index is 13.2. The van der Waals surface area contributed by atoms with Crippen molar-refractivity contribution in [3.63, 3.8) is 0 Å². The van der Waals surface area contributed by atoms with E-state index in [1.54, 1.807) is 10.9 Å². The highest BCUT2D eigenvalue weighted by molar-refractivity contribution is 5.96. The van der Waals surface area contributed by atoms with Gasteiger partial charge in [0.15, 0.2) is 0 Å². The summed E-state index contributed by atoms with van der Waals surface area (Å²) in [5.74, 6) is 0.191. The number of rotatable bonds is 5. The number of carbonyl (C=O) groups excluding carboxylic acids is 2. The van der Waals surface area contributed by atoms with Crippen molar-refractivity contribution in [2.45, 2.75) is 51.5 Å². The van der Waals surface area contributed by atoms with Gasteiger partial charge in [0, 0.05) is 37.8 Å². The smallest absolute Gasteiger partial charge is 0.257 e. The van der Waals surface area contributed by atoms with Crippen LogP contribution in [0.25, 0.3) is 5.69 Å². The van der Waals surface area contributed by atoms with Gasteiger partial charge in [0.25, 0.3) is 11.8 Å². The van der Waals surface area contributed by atoms with Crippen LogP contribution in [-0.2, 0) is 0 Å². The second kappa shape index (κ2) is 9.06. The number of likely N-dealkylation sites (tertiary alicyclic amines) is 3. The summed E-state index contributed by atoms with van der Waals surface area (Å²) in [5.41, 5.74) is 3.09. The third-order valence-corrected chi connectivity index (χ3v) is 7.30. The van der Waals surface area contributed by atoms with E-state index in [2.05, 4.69) is 14.9 Å². The van der Waals surface area contributed by atoms with Crippen LogP contribution in [0.2, 0.25) is 0 Å². The minimum atomic E-state index is 0.0659. The molecule has 0 bridgehead atoms. The minimum absolute atomic E-state index is 0.0659. The Labute approximate surface area is 190 Å².